The molecule has 1 aromatic rings. The summed E-state index contributed by atoms with van der Waals surface area (Å²) in [5, 5.41) is 3.36. The van der Waals surface area contributed by atoms with E-state index in [0.717, 1.165) is 0 Å². The monoisotopic (exact) mass is 265 g/mol. The lowest BCUT2D eigenvalue weighted by Gasteiger charge is -2.12. The molecule has 15 heavy (non-hydrogen) atoms. The van der Waals surface area contributed by atoms with Gasteiger partial charge in [-0.3, -0.25) is 4.79 Å². The van der Waals surface area contributed by atoms with E-state index in [4.69, 9.17) is 34.8 Å². The van der Waals surface area contributed by atoms with Crippen LogP contribution in [0.15, 0.2) is 18.2 Å². The molecular formula is C10H10Cl3NO. The van der Waals surface area contributed by atoms with Gasteiger partial charge in [0.05, 0.1) is 15.6 Å². The Balaban J connectivity index is 2.91. The van der Waals surface area contributed by atoms with Crippen LogP contribution < -0.4 is 5.32 Å². The molecule has 5 heteroatoms. The van der Waals surface area contributed by atoms with Crippen LogP contribution in [0.2, 0.25) is 10.0 Å². The van der Waals surface area contributed by atoms with Crippen molar-refractivity contribution in [3.05, 3.63) is 33.8 Å². The normalized spacial score (nSPS) is 12.3. The first-order valence-corrected chi connectivity index (χ1v) is 5.66. The van der Waals surface area contributed by atoms with Crippen molar-refractivity contribution in [3.8, 4) is 0 Å². The van der Waals surface area contributed by atoms with Gasteiger partial charge >= 0.3 is 0 Å². The van der Waals surface area contributed by atoms with Gasteiger partial charge in [0.25, 0.3) is 5.91 Å². The van der Waals surface area contributed by atoms with Gasteiger partial charge < -0.3 is 5.32 Å². The molecule has 0 aliphatic carbocycles. The lowest BCUT2D eigenvalue weighted by atomic mass is 10.2. The molecule has 0 bridgehead atoms. The van der Waals surface area contributed by atoms with E-state index >= 15 is 0 Å². The van der Waals surface area contributed by atoms with Crippen molar-refractivity contribution in [1.29, 1.82) is 0 Å². The fraction of sp³-hybridized carbons (Fsp3) is 0.300. The fourth-order valence-electron chi connectivity index (χ4n) is 1.05. The van der Waals surface area contributed by atoms with Crippen molar-refractivity contribution in [3.63, 3.8) is 0 Å². The van der Waals surface area contributed by atoms with E-state index in [1.165, 1.54) is 0 Å². The van der Waals surface area contributed by atoms with Gasteiger partial charge in [-0.1, -0.05) is 29.3 Å². The summed E-state index contributed by atoms with van der Waals surface area (Å²) in [4.78, 5) is 11.7. The Kier molecular flexibility index (Phi) is 4.71. The first-order chi connectivity index (χ1) is 7.06. The molecule has 0 heterocycles. The highest BCUT2D eigenvalue weighted by Crippen LogP contribution is 2.23. The van der Waals surface area contributed by atoms with Crippen molar-refractivity contribution in [2.45, 2.75) is 13.0 Å². The topological polar surface area (TPSA) is 29.1 Å². The number of carbonyl (C=O) groups excluding carboxylic acids is 1. The zero-order chi connectivity index (χ0) is 11.4. The smallest absolute Gasteiger partial charge is 0.254 e. The third-order valence-electron chi connectivity index (χ3n) is 1.80. The molecule has 0 saturated heterocycles. The molecule has 1 atom stereocenters. The number of halogens is 3. The minimum atomic E-state index is -0.307. The van der Waals surface area contributed by atoms with Crippen molar-refractivity contribution in [2.75, 3.05) is 5.88 Å². The van der Waals surface area contributed by atoms with Gasteiger partial charge in [0.2, 0.25) is 0 Å². The third-order valence-corrected chi connectivity index (χ3v) is 2.89. The molecule has 0 radical (unpaired) electrons. The molecular weight excluding hydrogens is 256 g/mol. The highest BCUT2D eigenvalue weighted by molar-refractivity contribution is 6.39. The molecule has 0 saturated carbocycles. The van der Waals surface area contributed by atoms with Crippen LogP contribution in [0.3, 0.4) is 0 Å². The van der Waals surface area contributed by atoms with Crippen molar-refractivity contribution >= 4 is 40.7 Å². The van der Waals surface area contributed by atoms with Gasteiger partial charge in [-0.05, 0) is 19.1 Å². The zero-order valence-electron chi connectivity index (χ0n) is 8.06. The Morgan fingerprint density at radius 2 is 1.93 bits per heavy atom. The standard InChI is InChI=1S/C10H10Cl3NO/c1-6(5-11)14-10(15)9-7(12)3-2-4-8(9)13/h2-4,6H,5H2,1H3,(H,14,15). The maximum atomic E-state index is 11.7. The molecule has 1 rings (SSSR count). The van der Waals surface area contributed by atoms with Crippen LogP contribution in [0, 0.1) is 0 Å². The van der Waals surface area contributed by atoms with E-state index in [-0.39, 0.29) is 17.5 Å². The first kappa shape index (κ1) is 12.6. The predicted molar refractivity (Wildman–Crippen MR) is 64.1 cm³/mol. The minimum absolute atomic E-state index is 0.119. The van der Waals surface area contributed by atoms with E-state index in [2.05, 4.69) is 5.32 Å². The number of hydrogen-bond acceptors (Lipinski definition) is 1. The average Bonchev–Trinajstić information content (AvgIpc) is 2.17. The lowest BCUT2D eigenvalue weighted by Crippen LogP contribution is -2.34. The first-order valence-electron chi connectivity index (χ1n) is 4.37. The SMILES string of the molecule is CC(CCl)NC(=O)c1c(Cl)cccc1Cl. The van der Waals surface area contributed by atoms with Crippen molar-refractivity contribution < 1.29 is 4.79 Å². The Morgan fingerprint density at radius 3 is 2.40 bits per heavy atom. The summed E-state index contributed by atoms with van der Waals surface area (Å²) < 4.78 is 0. The number of benzene rings is 1. The van der Waals surface area contributed by atoms with Crippen LogP contribution in [0.25, 0.3) is 0 Å². The predicted octanol–water partition coefficient (Wildman–Crippen LogP) is 3.35. The molecule has 82 valence electrons. The third kappa shape index (κ3) is 3.26. The Hall–Kier alpha value is -0.440. The van der Waals surface area contributed by atoms with Crippen molar-refractivity contribution in [2.24, 2.45) is 0 Å². The summed E-state index contributed by atoms with van der Waals surface area (Å²) in [7, 11) is 0. The highest BCUT2D eigenvalue weighted by Gasteiger charge is 2.15. The van der Waals surface area contributed by atoms with Crippen LogP contribution in [0.4, 0.5) is 0 Å². The molecule has 0 aliphatic heterocycles. The number of alkyl halides is 1. The Bertz CT molecular complexity index is 347. The molecule has 2 nitrogen and oxygen atoms in total. The molecule has 0 aliphatic rings. The van der Waals surface area contributed by atoms with E-state index in [1.54, 1.807) is 25.1 Å². The maximum Gasteiger partial charge on any atom is 0.254 e. The number of hydrogen-bond donors (Lipinski definition) is 1. The number of rotatable bonds is 3. The van der Waals surface area contributed by atoms with E-state index in [0.29, 0.717) is 15.9 Å². The van der Waals surface area contributed by atoms with Gasteiger partial charge in [-0.25, -0.2) is 0 Å². The molecule has 1 aromatic carbocycles. The quantitative estimate of drug-likeness (QED) is 0.835. The van der Waals surface area contributed by atoms with E-state index < -0.39 is 0 Å². The number of amides is 1. The number of carbonyl (C=O) groups is 1. The number of nitrogens with one attached hydrogen (secondary N) is 1. The summed E-state index contributed by atoms with van der Waals surface area (Å²) in [5.41, 5.74) is 0.290. The Morgan fingerprint density at radius 1 is 1.40 bits per heavy atom. The van der Waals surface area contributed by atoms with Gasteiger partial charge in [0, 0.05) is 11.9 Å². The van der Waals surface area contributed by atoms with Gasteiger partial charge in [0.15, 0.2) is 0 Å². The molecule has 0 fully saturated rings. The zero-order valence-corrected chi connectivity index (χ0v) is 10.3. The molecule has 0 aromatic heterocycles. The van der Waals surface area contributed by atoms with Crippen LogP contribution in [-0.4, -0.2) is 17.8 Å². The van der Waals surface area contributed by atoms with Crippen LogP contribution in [-0.2, 0) is 0 Å². The maximum absolute atomic E-state index is 11.7. The molecule has 1 unspecified atom stereocenters. The van der Waals surface area contributed by atoms with Crippen LogP contribution >= 0.6 is 34.8 Å². The van der Waals surface area contributed by atoms with Gasteiger partial charge in [-0.15, -0.1) is 11.6 Å². The summed E-state index contributed by atoms with van der Waals surface area (Å²) in [6.07, 6.45) is 0. The lowest BCUT2D eigenvalue weighted by molar-refractivity contribution is 0.0944. The Labute approximate surface area is 104 Å². The van der Waals surface area contributed by atoms with Gasteiger partial charge in [-0.2, -0.15) is 0 Å². The minimum Gasteiger partial charge on any atom is -0.348 e. The highest BCUT2D eigenvalue weighted by atomic mass is 35.5. The largest absolute Gasteiger partial charge is 0.348 e. The fourth-order valence-corrected chi connectivity index (χ4v) is 1.70. The molecule has 1 amide bonds. The van der Waals surface area contributed by atoms with Gasteiger partial charge in [0.1, 0.15) is 0 Å². The summed E-state index contributed by atoms with van der Waals surface area (Å²) >= 11 is 17.3. The van der Waals surface area contributed by atoms with E-state index in [1.807, 2.05) is 0 Å². The molecule has 0 spiro atoms. The second kappa shape index (κ2) is 5.59. The molecule has 1 N–H and O–H groups in total. The van der Waals surface area contributed by atoms with Crippen molar-refractivity contribution in [1.82, 2.24) is 5.32 Å². The van der Waals surface area contributed by atoms with E-state index in [9.17, 15) is 4.79 Å². The summed E-state index contributed by atoms with van der Waals surface area (Å²) in [6, 6.07) is 4.81. The van der Waals surface area contributed by atoms with Crippen LogP contribution in [0.1, 0.15) is 17.3 Å². The second-order valence-corrected chi connectivity index (χ2v) is 4.25. The average molecular weight is 267 g/mol. The summed E-state index contributed by atoms with van der Waals surface area (Å²) in [5.74, 6) is 0.0344. The van der Waals surface area contributed by atoms with Crippen LogP contribution in [0.5, 0.6) is 0 Å². The second-order valence-electron chi connectivity index (χ2n) is 3.13. The summed E-state index contributed by atoms with van der Waals surface area (Å²) in [6.45, 7) is 1.80.